The molecule has 3 atom stereocenters. The minimum Gasteiger partial charge on any atom is -0.756 e. The number of phosphoric acid groups is 1. The second-order valence-electron chi connectivity index (χ2n) is 24.3. The second-order valence-corrected chi connectivity index (χ2v) is 25.7. The van der Waals surface area contributed by atoms with Crippen LogP contribution in [0.25, 0.3) is 0 Å². The molecule has 3 unspecified atom stereocenters. The van der Waals surface area contributed by atoms with Crippen molar-refractivity contribution in [3.63, 3.8) is 0 Å². The third kappa shape index (κ3) is 60.4. The number of nitrogens with zero attached hydrogens (tertiary/aromatic N) is 1. The fraction of sp³-hybridized carbons (Fsp3) is 0.855. The Bertz CT molecular complexity index is 1490. The van der Waals surface area contributed by atoms with E-state index in [9.17, 15) is 19.0 Å². The maximum absolute atomic E-state index is 13.6. The number of ether oxygens (including phenoxy) is 1. The molecule has 1 N–H and O–H groups in total. The normalized spacial score (nSPS) is 13.9. The highest BCUT2D eigenvalue weighted by molar-refractivity contribution is 7.45. The van der Waals surface area contributed by atoms with Gasteiger partial charge in [0.25, 0.3) is 7.82 Å². The number of allylic oxidation sites excluding steroid dienone is 7. The van der Waals surface area contributed by atoms with Gasteiger partial charge >= 0.3 is 5.97 Å². The van der Waals surface area contributed by atoms with Crippen LogP contribution in [0.15, 0.2) is 48.6 Å². The summed E-state index contributed by atoms with van der Waals surface area (Å²) in [6, 6.07) is -0.889. The Balaban J connectivity index is 5.07. The van der Waals surface area contributed by atoms with E-state index in [0.717, 1.165) is 77.0 Å². The molecule has 10 heteroatoms. The molecule has 0 aromatic rings. The molecule has 0 bridgehead atoms. The Hall–Kier alpha value is -2.03. The first-order valence-electron chi connectivity index (χ1n) is 33.9. The lowest BCUT2D eigenvalue weighted by Crippen LogP contribution is -2.47. The molecule has 0 aliphatic carbocycles. The number of phosphoric ester groups is 1. The van der Waals surface area contributed by atoms with Crippen LogP contribution in [0.1, 0.15) is 329 Å². The maximum Gasteiger partial charge on any atom is 0.306 e. The molecule has 0 aromatic heterocycles. The summed E-state index contributed by atoms with van der Waals surface area (Å²) in [5, 5.41) is 3.04. The van der Waals surface area contributed by atoms with Crippen molar-refractivity contribution >= 4 is 19.7 Å². The van der Waals surface area contributed by atoms with Gasteiger partial charge in [0.2, 0.25) is 5.91 Å². The first-order valence-corrected chi connectivity index (χ1v) is 35.4. The molecule has 1 amide bonds. The van der Waals surface area contributed by atoms with Gasteiger partial charge in [0.1, 0.15) is 19.3 Å². The number of esters is 1. The summed E-state index contributed by atoms with van der Waals surface area (Å²) in [5.74, 6) is -0.534. The zero-order chi connectivity index (χ0) is 57.9. The van der Waals surface area contributed by atoms with E-state index in [0.29, 0.717) is 17.4 Å². The van der Waals surface area contributed by atoms with E-state index < -0.39 is 20.0 Å². The van der Waals surface area contributed by atoms with Crippen LogP contribution in [0.4, 0.5) is 0 Å². The second kappa shape index (κ2) is 59.1. The summed E-state index contributed by atoms with van der Waals surface area (Å²) >= 11 is 0. The van der Waals surface area contributed by atoms with Crippen molar-refractivity contribution in [2.45, 2.75) is 341 Å². The van der Waals surface area contributed by atoms with Gasteiger partial charge in [-0.05, 0) is 89.5 Å². The van der Waals surface area contributed by atoms with Crippen molar-refractivity contribution in [1.29, 1.82) is 0 Å². The van der Waals surface area contributed by atoms with Gasteiger partial charge < -0.3 is 28.5 Å². The smallest absolute Gasteiger partial charge is 0.306 e. The van der Waals surface area contributed by atoms with Gasteiger partial charge in [0, 0.05) is 12.8 Å². The number of unbranched alkanes of at least 4 members (excludes halogenated alkanes) is 40. The highest BCUT2D eigenvalue weighted by Gasteiger charge is 2.27. The van der Waals surface area contributed by atoms with E-state index in [1.165, 1.54) is 218 Å². The lowest BCUT2D eigenvalue weighted by molar-refractivity contribution is -0.870. The predicted octanol–water partition coefficient (Wildman–Crippen LogP) is 20.6. The summed E-state index contributed by atoms with van der Waals surface area (Å²) in [7, 11) is 1.19. The topological polar surface area (TPSA) is 114 Å². The van der Waals surface area contributed by atoms with Gasteiger partial charge in [-0.3, -0.25) is 14.2 Å². The third-order valence-electron chi connectivity index (χ3n) is 15.2. The summed E-state index contributed by atoms with van der Waals surface area (Å²) < 4.78 is 30.4. The summed E-state index contributed by atoms with van der Waals surface area (Å²) in [4.78, 5) is 40.1. The Morgan fingerprint density at radius 3 is 1.18 bits per heavy atom. The summed E-state index contributed by atoms with van der Waals surface area (Å²) in [6.45, 7) is 6.84. The Morgan fingerprint density at radius 1 is 0.443 bits per heavy atom. The van der Waals surface area contributed by atoms with Crippen LogP contribution >= 0.6 is 7.82 Å². The number of rotatable bonds is 62. The molecule has 79 heavy (non-hydrogen) atoms. The highest BCUT2D eigenvalue weighted by atomic mass is 31.2. The molecule has 0 rings (SSSR count). The quantitative estimate of drug-likeness (QED) is 0.0212. The molecule has 0 aliphatic heterocycles. The Kier molecular flexibility index (Phi) is 57.6. The number of nitrogens with one attached hydrogen (secondary N) is 1. The minimum absolute atomic E-state index is 0.0223. The van der Waals surface area contributed by atoms with E-state index in [1.807, 2.05) is 33.3 Å². The molecule has 0 spiro atoms. The molecule has 0 fully saturated rings. The number of carbonyl (C=O) groups excluding carboxylic acids is 2. The molecular weight excluding hydrogens is 1000 g/mol. The number of amides is 1. The monoisotopic (exact) mass is 1130 g/mol. The molecule has 0 saturated carbocycles. The highest BCUT2D eigenvalue weighted by Crippen LogP contribution is 2.38. The minimum atomic E-state index is -4.70. The van der Waals surface area contributed by atoms with Gasteiger partial charge in [-0.25, -0.2) is 0 Å². The van der Waals surface area contributed by atoms with Crippen LogP contribution < -0.4 is 10.2 Å². The predicted molar refractivity (Wildman–Crippen MR) is 339 cm³/mol. The standard InChI is InChI=1S/C69H131N2O7P/c1-7-10-13-16-19-22-25-27-29-31-33-34-35-36-38-40-42-44-47-50-53-56-59-62-69(73)78-67(60-57-54-51-48-45-24-21-18-15-12-9-3)66(65-77-79(74,75)76-64-63-71(4,5)6)70-68(72)61-58-55-52-49-46-43-41-39-37-32-30-28-26-23-20-17-14-11-8-2/h20,23,27-30,57,60,66-67H,7-19,21-22,24-26,31-56,58-59,61-65H2,1-6H3,(H-,70,72,74,75)/b23-20-,29-27+,30-28-,60-57+. The zero-order valence-electron chi connectivity index (χ0n) is 53.1. The van der Waals surface area contributed by atoms with Crippen molar-refractivity contribution in [3.05, 3.63) is 48.6 Å². The van der Waals surface area contributed by atoms with Gasteiger partial charge in [0.05, 0.1) is 33.8 Å². The number of hydrogen-bond acceptors (Lipinski definition) is 7. The molecule has 464 valence electrons. The van der Waals surface area contributed by atoms with E-state index in [4.69, 9.17) is 13.8 Å². The lowest BCUT2D eigenvalue weighted by Gasteiger charge is -2.30. The molecule has 0 radical (unpaired) electrons. The van der Waals surface area contributed by atoms with Crippen molar-refractivity contribution in [3.8, 4) is 0 Å². The van der Waals surface area contributed by atoms with Gasteiger partial charge in [-0.1, -0.05) is 275 Å². The Morgan fingerprint density at radius 2 is 0.772 bits per heavy atom. The molecule has 0 aliphatic rings. The van der Waals surface area contributed by atoms with Crippen LogP contribution in [0, 0.1) is 0 Å². The van der Waals surface area contributed by atoms with Gasteiger partial charge in [-0.2, -0.15) is 0 Å². The maximum atomic E-state index is 13.6. The molecule has 0 aromatic carbocycles. The van der Waals surface area contributed by atoms with Crippen LogP contribution in [0.5, 0.6) is 0 Å². The zero-order valence-corrected chi connectivity index (χ0v) is 54.0. The van der Waals surface area contributed by atoms with E-state index in [2.05, 4.69) is 62.5 Å². The van der Waals surface area contributed by atoms with Crippen molar-refractivity contribution in [2.24, 2.45) is 0 Å². The van der Waals surface area contributed by atoms with Crippen LogP contribution in [-0.4, -0.2) is 69.4 Å². The van der Waals surface area contributed by atoms with Crippen molar-refractivity contribution in [1.82, 2.24) is 5.32 Å². The third-order valence-corrected chi connectivity index (χ3v) is 16.2. The lowest BCUT2D eigenvalue weighted by atomic mass is 10.0. The van der Waals surface area contributed by atoms with Crippen molar-refractivity contribution in [2.75, 3.05) is 40.9 Å². The first-order chi connectivity index (χ1) is 38.4. The average Bonchev–Trinajstić information content (AvgIpc) is 3.41. The van der Waals surface area contributed by atoms with E-state index in [1.54, 1.807) is 0 Å². The fourth-order valence-electron chi connectivity index (χ4n) is 9.96. The van der Waals surface area contributed by atoms with Crippen LogP contribution in [0.2, 0.25) is 0 Å². The number of carbonyl (C=O) groups is 2. The van der Waals surface area contributed by atoms with E-state index in [-0.39, 0.29) is 31.5 Å². The molecule has 9 nitrogen and oxygen atoms in total. The molecule has 0 saturated heterocycles. The fourth-order valence-corrected chi connectivity index (χ4v) is 10.7. The van der Waals surface area contributed by atoms with E-state index >= 15 is 0 Å². The van der Waals surface area contributed by atoms with Crippen molar-refractivity contribution < 1.29 is 37.3 Å². The molecule has 0 heterocycles. The van der Waals surface area contributed by atoms with Gasteiger partial charge in [-0.15, -0.1) is 0 Å². The first kappa shape index (κ1) is 77.0. The largest absolute Gasteiger partial charge is 0.756 e. The summed E-state index contributed by atoms with van der Waals surface area (Å²) in [6.07, 6.45) is 73.7. The van der Waals surface area contributed by atoms with Crippen LogP contribution in [-0.2, 0) is 27.9 Å². The number of likely N-dealkylation sites (N-methyl/N-ethyl adjacent to an activating group) is 1. The van der Waals surface area contributed by atoms with Crippen LogP contribution in [0.3, 0.4) is 0 Å². The Labute approximate surface area is 490 Å². The number of hydrogen-bond donors (Lipinski definition) is 1. The average molecular weight is 1130 g/mol. The van der Waals surface area contributed by atoms with Gasteiger partial charge in [0.15, 0.2) is 0 Å². The summed E-state index contributed by atoms with van der Waals surface area (Å²) in [5.41, 5.74) is 0. The number of quaternary nitrogens is 1. The molecular formula is C69H131N2O7P. The SMILES string of the molecule is CCCCC/C=C\C/C=C\CCCCCCCCCCCC(=O)NC(COP(=O)([O-])OCC[N+](C)(C)C)C(/C=C/CCCCCCCCCCC)OC(=O)CCCCCCCCCCCCCCC/C=C/CCCCCCCC.